The molecule has 0 spiro atoms. The maximum Gasteiger partial charge on any atom is 0.419 e. The van der Waals surface area contributed by atoms with E-state index in [1.54, 1.807) is 11.6 Å². The highest BCUT2D eigenvalue weighted by molar-refractivity contribution is 7.13. The van der Waals surface area contributed by atoms with Crippen molar-refractivity contribution in [2.75, 3.05) is 6.61 Å². The van der Waals surface area contributed by atoms with Crippen molar-refractivity contribution in [1.29, 1.82) is 0 Å². The lowest BCUT2D eigenvalue weighted by molar-refractivity contribution is -0.139. The van der Waals surface area contributed by atoms with Gasteiger partial charge in [0.25, 0.3) is 0 Å². The third kappa shape index (κ3) is 6.46. The molecule has 2 nitrogen and oxygen atoms in total. The third-order valence-corrected chi connectivity index (χ3v) is 5.47. The first-order chi connectivity index (χ1) is 14.6. The molecule has 3 aromatic rings. The number of hydrogen-bond acceptors (Lipinski definition) is 3. The van der Waals surface area contributed by atoms with E-state index in [2.05, 4.69) is 4.98 Å². The lowest BCUT2D eigenvalue weighted by Crippen LogP contribution is -2.09. The van der Waals surface area contributed by atoms with Gasteiger partial charge in [-0.1, -0.05) is 12.1 Å². The molecule has 9 heteroatoms. The van der Waals surface area contributed by atoms with Crippen molar-refractivity contribution in [3.05, 3.63) is 70.9 Å². The van der Waals surface area contributed by atoms with Gasteiger partial charge >= 0.3 is 12.4 Å². The number of unbranched alkanes of at least 4 members (excludes halogenated alkanes) is 2. The number of benzene rings is 2. The van der Waals surface area contributed by atoms with Crippen molar-refractivity contribution in [2.45, 2.75) is 38.0 Å². The Kier molecular flexibility index (Phi) is 7.25. The summed E-state index contributed by atoms with van der Waals surface area (Å²) < 4.78 is 83.3. The summed E-state index contributed by atoms with van der Waals surface area (Å²) in [5.74, 6) is -0.219. The fraction of sp³-hybridized carbons (Fsp3) is 0.318. The van der Waals surface area contributed by atoms with Gasteiger partial charge in [0, 0.05) is 6.20 Å². The highest BCUT2D eigenvalue weighted by atomic mass is 32.1. The summed E-state index contributed by atoms with van der Waals surface area (Å²) in [6.45, 7) is 0.121. The number of rotatable bonds is 8. The van der Waals surface area contributed by atoms with Gasteiger partial charge in [0.05, 0.1) is 28.1 Å². The zero-order chi connectivity index (χ0) is 22.5. The van der Waals surface area contributed by atoms with Crippen LogP contribution in [0.2, 0.25) is 0 Å². The van der Waals surface area contributed by atoms with E-state index in [-0.39, 0.29) is 12.4 Å². The third-order valence-electron chi connectivity index (χ3n) is 4.65. The minimum Gasteiger partial charge on any atom is -0.493 e. The van der Waals surface area contributed by atoms with Crippen molar-refractivity contribution in [2.24, 2.45) is 0 Å². The zero-order valence-corrected chi connectivity index (χ0v) is 17.1. The number of ether oxygens (including phenoxy) is 1. The lowest BCUT2D eigenvalue weighted by atomic mass is 10.1. The van der Waals surface area contributed by atoms with Crippen molar-refractivity contribution in [3.63, 3.8) is 0 Å². The van der Waals surface area contributed by atoms with Crippen LogP contribution in [0.5, 0.6) is 5.75 Å². The van der Waals surface area contributed by atoms with Crippen LogP contribution in [0.25, 0.3) is 10.4 Å². The maximum atomic E-state index is 13.4. The molecule has 1 heterocycles. The molecule has 0 N–H and O–H groups in total. The van der Waals surface area contributed by atoms with Crippen molar-refractivity contribution in [3.8, 4) is 16.2 Å². The molecule has 0 aliphatic carbocycles. The lowest BCUT2D eigenvalue weighted by Gasteiger charge is -2.15. The Morgan fingerprint density at radius 2 is 1.58 bits per heavy atom. The molecule has 0 unspecified atom stereocenters. The molecule has 1 aromatic heterocycles. The van der Waals surface area contributed by atoms with Gasteiger partial charge in [-0.15, -0.1) is 11.3 Å². The molecule has 0 saturated carbocycles. The number of halogens is 6. The minimum absolute atomic E-state index is 0.121. The first-order valence-corrected chi connectivity index (χ1v) is 10.4. The van der Waals surface area contributed by atoms with Crippen LogP contribution in [0.3, 0.4) is 0 Å². The van der Waals surface area contributed by atoms with Crippen LogP contribution in [-0.4, -0.2) is 11.6 Å². The SMILES string of the molecule is FC(F)(F)c1ccc(CCCCCOc2ccc(-c3cncs3)cc2C(F)(F)F)cc1. The summed E-state index contributed by atoms with van der Waals surface area (Å²) in [6.07, 6.45) is -4.88. The maximum absolute atomic E-state index is 13.4. The molecular weight excluding hydrogens is 440 g/mol. The molecular formula is C22H19F6NOS. The summed E-state index contributed by atoms with van der Waals surface area (Å²) in [5.41, 5.74) is 1.25. The second-order valence-electron chi connectivity index (χ2n) is 6.93. The predicted octanol–water partition coefficient (Wildman–Crippen LogP) is 7.64. The highest BCUT2D eigenvalue weighted by Gasteiger charge is 2.35. The fourth-order valence-electron chi connectivity index (χ4n) is 3.04. The van der Waals surface area contributed by atoms with E-state index >= 15 is 0 Å². The Hall–Kier alpha value is -2.55. The molecule has 2 aromatic carbocycles. The predicted molar refractivity (Wildman–Crippen MR) is 107 cm³/mol. The van der Waals surface area contributed by atoms with Gasteiger partial charge in [0.1, 0.15) is 5.75 Å². The highest BCUT2D eigenvalue weighted by Crippen LogP contribution is 2.39. The molecule has 0 bridgehead atoms. The van der Waals surface area contributed by atoms with Crippen LogP contribution in [-0.2, 0) is 18.8 Å². The molecule has 166 valence electrons. The number of hydrogen-bond donors (Lipinski definition) is 0. The van der Waals surface area contributed by atoms with Crippen LogP contribution in [0, 0.1) is 0 Å². The molecule has 31 heavy (non-hydrogen) atoms. The number of thiazole rings is 1. The second-order valence-corrected chi connectivity index (χ2v) is 7.81. The minimum atomic E-state index is -4.54. The first kappa shape index (κ1) is 23.1. The van der Waals surface area contributed by atoms with E-state index in [1.165, 1.54) is 35.7 Å². The summed E-state index contributed by atoms with van der Waals surface area (Å²) in [6, 6.07) is 8.94. The Labute approximate surface area is 179 Å². The zero-order valence-electron chi connectivity index (χ0n) is 16.3. The van der Waals surface area contributed by atoms with Crippen LogP contribution in [0.1, 0.15) is 36.0 Å². The average molecular weight is 459 g/mol. The molecule has 0 aliphatic rings. The van der Waals surface area contributed by atoms with Crippen LogP contribution in [0.4, 0.5) is 26.3 Å². The first-order valence-electron chi connectivity index (χ1n) is 9.53. The largest absolute Gasteiger partial charge is 0.493 e. The second kappa shape index (κ2) is 9.72. The van der Waals surface area contributed by atoms with E-state index in [1.807, 2.05) is 0 Å². The fourth-order valence-corrected chi connectivity index (χ4v) is 3.66. The molecule has 0 aliphatic heterocycles. The monoisotopic (exact) mass is 459 g/mol. The van der Waals surface area contributed by atoms with Gasteiger partial charge in [0.15, 0.2) is 0 Å². The summed E-state index contributed by atoms with van der Waals surface area (Å²) in [7, 11) is 0. The van der Waals surface area contributed by atoms with Crippen LogP contribution < -0.4 is 4.74 Å². The summed E-state index contributed by atoms with van der Waals surface area (Å²) in [4.78, 5) is 4.52. The van der Waals surface area contributed by atoms with Gasteiger partial charge in [-0.3, -0.25) is 4.98 Å². The van der Waals surface area contributed by atoms with Gasteiger partial charge < -0.3 is 4.74 Å². The van der Waals surface area contributed by atoms with E-state index in [0.29, 0.717) is 36.1 Å². The quantitative estimate of drug-likeness (QED) is 0.255. The molecule has 0 amide bonds. The van der Waals surface area contributed by atoms with Crippen LogP contribution in [0.15, 0.2) is 54.2 Å². The number of aryl methyl sites for hydroxylation is 1. The Bertz CT molecular complexity index is 965. The molecule has 0 radical (unpaired) electrons. The molecule has 0 atom stereocenters. The summed E-state index contributed by atoms with van der Waals surface area (Å²) in [5, 5.41) is 0. The van der Waals surface area contributed by atoms with E-state index < -0.39 is 23.5 Å². The van der Waals surface area contributed by atoms with Crippen molar-refractivity contribution < 1.29 is 31.1 Å². The standard InChI is InChI=1S/C22H19F6NOS/c23-21(24,25)17-8-5-15(6-9-17)4-2-1-3-11-30-19-10-7-16(20-13-29-14-31-20)12-18(19)22(26,27)28/h5-10,12-14H,1-4,11H2. The number of alkyl halides is 6. The Morgan fingerprint density at radius 1 is 0.839 bits per heavy atom. The molecule has 0 saturated heterocycles. The van der Waals surface area contributed by atoms with E-state index in [0.717, 1.165) is 23.8 Å². The van der Waals surface area contributed by atoms with E-state index in [9.17, 15) is 26.3 Å². The van der Waals surface area contributed by atoms with Gasteiger partial charge in [-0.05, 0) is 67.1 Å². The van der Waals surface area contributed by atoms with E-state index in [4.69, 9.17) is 4.74 Å². The smallest absolute Gasteiger partial charge is 0.419 e. The number of aromatic nitrogens is 1. The topological polar surface area (TPSA) is 22.1 Å². The van der Waals surface area contributed by atoms with Gasteiger partial charge in [-0.25, -0.2) is 0 Å². The molecule has 3 rings (SSSR count). The van der Waals surface area contributed by atoms with Gasteiger partial charge in [0.2, 0.25) is 0 Å². The van der Waals surface area contributed by atoms with Crippen molar-refractivity contribution >= 4 is 11.3 Å². The Balaban J connectivity index is 1.49. The van der Waals surface area contributed by atoms with Crippen LogP contribution >= 0.6 is 11.3 Å². The normalized spacial score (nSPS) is 12.2. The van der Waals surface area contributed by atoms with Gasteiger partial charge in [-0.2, -0.15) is 26.3 Å². The number of nitrogens with zero attached hydrogens (tertiary/aromatic N) is 1. The van der Waals surface area contributed by atoms with Crippen molar-refractivity contribution in [1.82, 2.24) is 4.98 Å². The average Bonchev–Trinajstić information content (AvgIpc) is 3.24. The summed E-state index contributed by atoms with van der Waals surface area (Å²) >= 11 is 1.25. The molecule has 0 fully saturated rings. The Morgan fingerprint density at radius 3 is 2.19 bits per heavy atom.